The number of hydrogen-bond acceptors (Lipinski definition) is 4. The Balaban J connectivity index is 1.87. The molecule has 0 spiro atoms. The maximum Gasteiger partial charge on any atom is 0.174 e. The van der Waals surface area contributed by atoms with Crippen molar-refractivity contribution in [1.29, 1.82) is 0 Å². The number of anilines is 1. The van der Waals surface area contributed by atoms with Crippen molar-refractivity contribution >= 4 is 23.0 Å². The van der Waals surface area contributed by atoms with E-state index in [0.717, 1.165) is 28.4 Å². The van der Waals surface area contributed by atoms with Gasteiger partial charge in [-0.1, -0.05) is 6.07 Å². The van der Waals surface area contributed by atoms with Gasteiger partial charge in [-0.3, -0.25) is 4.98 Å². The average molecular weight is 437 g/mol. The molecule has 31 heavy (non-hydrogen) atoms. The average Bonchev–Trinajstić information content (AvgIpc) is 3.38. The lowest BCUT2D eigenvalue weighted by molar-refractivity contribution is 0.396. The highest BCUT2D eigenvalue weighted by molar-refractivity contribution is 7.80. The van der Waals surface area contributed by atoms with Crippen molar-refractivity contribution < 1.29 is 9.47 Å². The van der Waals surface area contributed by atoms with Crippen molar-refractivity contribution in [2.75, 3.05) is 19.1 Å². The van der Waals surface area contributed by atoms with Gasteiger partial charge in [-0.25, -0.2) is 0 Å². The first kappa shape index (κ1) is 21.2. The molecule has 0 amide bonds. The normalized spacial score (nSPS) is 18.7. The Bertz CT molecular complexity index is 1070. The topological polar surface area (TPSA) is 51.6 Å². The molecule has 3 aromatic rings. The van der Waals surface area contributed by atoms with Crippen LogP contribution in [0.15, 0.2) is 61.1 Å². The third kappa shape index (κ3) is 3.97. The molecule has 1 aliphatic rings. The number of aromatic nitrogens is 2. The fourth-order valence-corrected chi connectivity index (χ4v) is 4.28. The van der Waals surface area contributed by atoms with Gasteiger partial charge in [0.05, 0.1) is 37.7 Å². The quantitative estimate of drug-likeness (QED) is 0.578. The summed E-state index contributed by atoms with van der Waals surface area (Å²) in [6.07, 6.45) is 6.12. The summed E-state index contributed by atoms with van der Waals surface area (Å²) in [7, 11) is 3.32. The number of pyridine rings is 1. The van der Waals surface area contributed by atoms with Gasteiger partial charge in [0.15, 0.2) is 5.11 Å². The molecule has 0 bridgehead atoms. The van der Waals surface area contributed by atoms with Crippen LogP contribution in [-0.2, 0) is 5.54 Å². The Hall–Kier alpha value is -3.06. The molecular formula is C24H28N4O2S. The number of thiocarbonyl (C=S) groups is 1. The third-order valence-corrected chi connectivity index (χ3v) is 5.89. The molecule has 0 radical (unpaired) electrons. The number of methoxy groups -OCH3 is 2. The fourth-order valence-electron chi connectivity index (χ4n) is 3.94. The summed E-state index contributed by atoms with van der Waals surface area (Å²) in [5, 5.41) is 4.11. The van der Waals surface area contributed by atoms with Gasteiger partial charge >= 0.3 is 0 Å². The molecular weight excluding hydrogens is 408 g/mol. The van der Waals surface area contributed by atoms with Gasteiger partial charge in [0.25, 0.3) is 0 Å². The first-order chi connectivity index (χ1) is 14.8. The monoisotopic (exact) mass is 436 g/mol. The van der Waals surface area contributed by atoms with Crippen molar-refractivity contribution in [2.24, 2.45) is 0 Å². The second kappa shape index (κ2) is 8.23. The zero-order valence-electron chi connectivity index (χ0n) is 18.5. The van der Waals surface area contributed by atoms with Gasteiger partial charge in [-0.05, 0) is 68.9 Å². The van der Waals surface area contributed by atoms with E-state index >= 15 is 0 Å². The van der Waals surface area contributed by atoms with Crippen LogP contribution in [0.2, 0.25) is 0 Å². The Labute approximate surface area is 188 Å². The lowest BCUT2D eigenvalue weighted by Gasteiger charge is -2.29. The maximum atomic E-state index is 5.83. The molecule has 1 aromatic carbocycles. The van der Waals surface area contributed by atoms with Crippen molar-refractivity contribution in [3.05, 3.63) is 72.3 Å². The highest BCUT2D eigenvalue weighted by Gasteiger charge is 2.42. The van der Waals surface area contributed by atoms with Crippen LogP contribution in [0.5, 0.6) is 11.5 Å². The molecule has 1 saturated heterocycles. The number of hydrogen-bond donors (Lipinski definition) is 1. The molecule has 3 heterocycles. The van der Waals surface area contributed by atoms with Crippen molar-refractivity contribution in [1.82, 2.24) is 14.9 Å². The number of ether oxygens (including phenoxy) is 2. The summed E-state index contributed by atoms with van der Waals surface area (Å²) in [5.74, 6) is 1.47. The molecule has 162 valence electrons. The molecule has 0 aliphatic carbocycles. The minimum Gasteiger partial charge on any atom is -0.497 e. The van der Waals surface area contributed by atoms with E-state index in [0.29, 0.717) is 5.11 Å². The Morgan fingerprint density at radius 3 is 2.48 bits per heavy atom. The fraction of sp³-hybridized carbons (Fsp3) is 0.333. The summed E-state index contributed by atoms with van der Waals surface area (Å²) in [4.78, 5) is 6.73. The standard InChI is InChI=1S/C24H28N4O2S/c1-24(2,3)27-13-11-16(15-27)22-21(18-8-6-7-12-25-18)26-23(31)28(22)19-14-17(29-4)9-10-20(19)30-5/h6-15,21-22H,1-5H3,(H,26,31)/t21-,22+/m0/s1. The van der Waals surface area contributed by atoms with Gasteiger partial charge in [-0.2, -0.15) is 0 Å². The van der Waals surface area contributed by atoms with Crippen LogP contribution in [0, 0.1) is 0 Å². The van der Waals surface area contributed by atoms with Gasteiger partial charge in [-0.15, -0.1) is 0 Å². The highest BCUT2D eigenvalue weighted by Crippen LogP contribution is 2.45. The first-order valence-corrected chi connectivity index (χ1v) is 10.7. The molecule has 0 unspecified atom stereocenters. The Morgan fingerprint density at radius 1 is 1.06 bits per heavy atom. The van der Waals surface area contributed by atoms with Crippen LogP contribution in [-0.4, -0.2) is 28.9 Å². The Morgan fingerprint density at radius 2 is 1.87 bits per heavy atom. The van der Waals surface area contributed by atoms with Gasteiger partial charge in [0, 0.05) is 30.2 Å². The smallest absolute Gasteiger partial charge is 0.174 e. The molecule has 6 nitrogen and oxygen atoms in total. The number of nitrogens with one attached hydrogen (secondary N) is 1. The third-order valence-electron chi connectivity index (χ3n) is 5.58. The van der Waals surface area contributed by atoms with Crippen LogP contribution in [0.3, 0.4) is 0 Å². The molecule has 1 aliphatic heterocycles. The van der Waals surface area contributed by atoms with E-state index in [1.54, 1.807) is 14.2 Å². The van der Waals surface area contributed by atoms with Crippen LogP contribution in [0.4, 0.5) is 5.69 Å². The van der Waals surface area contributed by atoms with Crippen LogP contribution >= 0.6 is 12.2 Å². The molecule has 2 atom stereocenters. The van der Waals surface area contributed by atoms with Gasteiger partial charge in [0.1, 0.15) is 11.5 Å². The minimum atomic E-state index is -0.111. The van der Waals surface area contributed by atoms with Crippen LogP contribution in [0.25, 0.3) is 0 Å². The van der Waals surface area contributed by atoms with E-state index in [-0.39, 0.29) is 17.6 Å². The van der Waals surface area contributed by atoms with E-state index in [1.807, 2.05) is 42.6 Å². The Kier molecular flexibility index (Phi) is 5.62. The number of benzene rings is 1. The second-order valence-corrected chi connectivity index (χ2v) is 8.94. The minimum absolute atomic E-state index is 0.0240. The van der Waals surface area contributed by atoms with Gasteiger partial charge < -0.3 is 24.3 Å². The van der Waals surface area contributed by atoms with E-state index in [9.17, 15) is 0 Å². The number of nitrogens with zero attached hydrogens (tertiary/aromatic N) is 3. The van der Waals surface area contributed by atoms with E-state index in [1.165, 1.54) is 0 Å². The lowest BCUT2D eigenvalue weighted by Crippen LogP contribution is -2.29. The summed E-state index contributed by atoms with van der Waals surface area (Å²) in [6, 6.07) is 13.6. The van der Waals surface area contributed by atoms with E-state index in [4.69, 9.17) is 21.7 Å². The second-order valence-electron chi connectivity index (χ2n) is 8.56. The predicted octanol–water partition coefficient (Wildman–Crippen LogP) is 4.83. The van der Waals surface area contributed by atoms with Crippen LogP contribution < -0.4 is 19.7 Å². The molecule has 2 aromatic heterocycles. The maximum absolute atomic E-state index is 5.83. The molecule has 4 rings (SSSR count). The molecule has 7 heteroatoms. The summed E-state index contributed by atoms with van der Waals surface area (Å²) in [6.45, 7) is 6.56. The molecule has 1 fully saturated rings. The SMILES string of the molecule is COc1ccc(OC)c(N2C(=S)N[C@@H](c3ccccn3)[C@H]2c2ccn(C(C)(C)C)c2)c1. The van der Waals surface area contributed by atoms with E-state index in [2.05, 4.69) is 59.0 Å². The van der Waals surface area contributed by atoms with E-state index < -0.39 is 0 Å². The molecule has 0 saturated carbocycles. The van der Waals surface area contributed by atoms with Crippen LogP contribution in [0.1, 0.15) is 44.1 Å². The largest absolute Gasteiger partial charge is 0.497 e. The van der Waals surface area contributed by atoms with Crippen molar-refractivity contribution in [2.45, 2.75) is 38.4 Å². The number of rotatable bonds is 5. The highest BCUT2D eigenvalue weighted by atomic mass is 32.1. The van der Waals surface area contributed by atoms with Crippen molar-refractivity contribution in [3.63, 3.8) is 0 Å². The molecule has 1 N–H and O–H groups in total. The van der Waals surface area contributed by atoms with Crippen molar-refractivity contribution in [3.8, 4) is 11.5 Å². The first-order valence-electron chi connectivity index (χ1n) is 10.2. The lowest BCUT2D eigenvalue weighted by atomic mass is 9.98. The summed E-state index contributed by atoms with van der Waals surface area (Å²) >= 11 is 5.83. The predicted molar refractivity (Wildman–Crippen MR) is 127 cm³/mol. The van der Waals surface area contributed by atoms with Gasteiger partial charge in [0.2, 0.25) is 0 Å². The summed E-state index contributed by atoms with van der Waals surface area (Å²) in [5.41, 5.74) is 2.90. The summed E-state index contributed by atoms with van der Waals surface area (Å²) < 4.78 is 13.4. The zero-order valence-corrected chi connectivity index (χ0v) is 19.3. The zero-order chi connectivity index (χ0) is 22.2.